The van der Waals surface area contributed by atoms with E-state index in [0.29, 0.717) is 12.2 Å². The van der Waals surface area contributed by atoms with Gasteiger partial charge in [-0.2, -0.15) is 0 Å². The minimum atomic E-state index is 0.345. The van der Waals surface area contributed by atoms with E-state index in [2.05, 4.69) is 46.4 Å². The summed E-state index contributed by atoms with van der Waals surface area (Å²) in [6.45, 7) is 1.14. The minimum Gasteiger partial charge on any atom is -0.368 e. The summed E-state index contributed by atoms with van der Waals surface area (Å²) in [5.41, 5.74) is 2.44. The van der Waals surface area contributed by atoms with Crippen LogP contribution >= 0.6 is 0 Å². The third-order valence-electron chi connectivity index (χ3n) is 3.30. The Morgan fingerprint density at radius 2 is 2.00 bits per heavy atom. The van der Waals surface area contributed by atoms with Gasteiger partial charge in [0, 0.05) is 12.2 Å². The molecular weight excluding hydrogens is 198 g/mol. The molecule has 1 fully saturated rings. The van der Waals surface area contributed by atoms with Crippen molar-refractivity contribution in [2.24, 2.45) is 0 Å². The lowest BCUT2D eigenvalue weighted by molar-refractivity contribution is 0.429. The van der Waals surface area contributed by atoms with Gasteiger partial charge >= 0.3 is 0 Å². The fourth-order valence-corrected chi connectivity index (χ4v) is 2.42. The van der Waals surface area contributed by atoms with Crippen molar-refractivity contribution in [3.05, 3.63) is 42.1 Å². The molecular formula is C13H17N3. The van der Waals surface area contributed by atoms with E-state index in [0.717, 1.165) is 6.54 Å². The Morgan fingerprint density at radius 1 is 1.12 bits per heavy atom. The Morgan fingerprint density at radius 3 is 2.75 bits per heavy atom. The predicted octanol–water partition coefficient (Wildman–Crippen LogP) is 1.26. The highest BCUT2D eigenvalue weighted by molar-refractivity contribution is 5.65. The molecule has 1 unspecified atom stereocenters. The van der Waals surface area contributed by atoms with Crippen LogP contribution in [0, 0.1) is 0 Å². The molecule has 3 heteroatoms. The molecule has 2 atom stereocenters. The van der Waals surface area contributed by atoms with Gasteiger partial charge in [0.25, 0.3) is 0 Å². The number of nitrogens with one attached hydrogen (secondary N) is 3. The molecule has 3 nitrogen and oxygen atoms in total. The maximum absolute atomic E-state index is 3.54. The minimum absolute atomic E-state index is 0.345. The summed E-state index contributed by atoms with van der Waals surface area (Å²) in [4.78, 5) is 0. The van der Waals surface area contributed by atoms with Crippen molar-refractivity contribution in [1.29, 1.82) is 0 Å². The number of hydrogen-bond acceptors (Lipinski definition) is 3. The molecule has 0 bridgehead atoms. The average molecular weight is 215 g/mol. The second kappa shape index (κ2) is 4.18. The zero-order valence-corrected chi connectivity index (χ0v) is 9.24. The molecule has 2 heterocycles. The van der Waals surface area contributed by atoms with Gasteiger partial charge in [0.05, 0.1) is 5.70 Å². The Kier molecular flexibility index (Phi) is 2.54. The Hall–Kier alpha value is -1.48. The summed E-state index contributed by atoms with van der Waals surface area (Å²) in [5, 5.41) is 10.5. The quantitative estimate of drug-likeness (QED) is 0.695. The van der Waals surface area contributed by atoms with Crippen molar-refractivity contribution in [2.45, 2.75) is 25.0 Å². The highest BCUT2D eigenvalue weighted by Gasteiger charge is 2.27. The molecule has 16 heavy (non-hydrogen) atoms. The van der Waals surface area contributed by atoms with Gasteiger partial charge < -0.3 is 16.0 Å². The topological polar surface area (TPSA) is 36.1 Å². The van der Waals surface area contributed by atoms with Crippen LogP contribution in [0.3, 0.4) is 0 Å². The van der Waals surface area contributed by atoms with Crippen molar-refractivity contribution < 1.29 is 0 Å². The van der Waals surface area contributed by atoms with Crippen molar-refractivity contribution in [3.63, 3.8) is 0 Å². The third kappa shape index (κ3) is 1.78. The molecule has 0 radical (unpaired) electrons. The lowest BCUT2D eigenvalue weighted by Gasteiger charge is -2.21. The maximum atomic E-state index is 3.54. The summed E-state index contributed by atoms with van der Waals surface area (Å²) >= 11 is 0. The predicted molar refractivity (Wildman–Crippen MR) is 65.5 cm³/mol. The van der Waals surface area contributed by atoms with E-state index in [-0.39, 0.29) is 0 Å². The van der Waals surface area contributed by atoms with E-state index in [4.69, 9.17) is 0 Å². The molecule has 2 aliphatic heterocycles. The molecule has 1 aromatic rings. The summed E-state index contributed by atoms with van der Waals surface area (Å²) in [6, 6.07) is 11.0. The molecule has 3 N–H and O–H groups in total. The fourth-order valence-electron chi connectivity index (χ4n) is 2.42. The molecule has 0 aromatic heterocycles. The van der Waals surface area contributed by atoms with Gasteiger partial charge in [-0.05, 0) is 24.9 Å². The van der Waals surface area contributed by atoms with Crippen molar-refractivity contribution in [3.8, 4) is 0 Å². The van der Waals surface area contributed by atoms with E-state index in [9.17, 15) is 0 Å². The zero-order chi connectivity index (χ0) is 10.8. The molecule has 3 rings (SSSR count). The van der Waals surface area contributed by atoms with Gasteiger partial charge in [-0.1, -0.05) is 30.3 Å². The number of hydrogen-bond donors (Lipinski definition) is 3. The fraction of sp³-hybridized carbons (Fsp3) is 0.385. The van der Waals surface area contributed by atoms with Crippen molar-refractivity contribution >= 4 is 5.70 Å². The first-order chi connectivity index (χ1) is 7.93. The lowest BCUT2D eigenvalue weighted by Crippen LogP contribution is -2.47. The number of rotatable bonds is 2. The van der Waals surface area contributed by atoms with Crippen LogP contribution in [0.5, 0.6) is 0 Å². The Balaban J connectivity index is 1.68. The van der Waals surface area contributed by atoms with Gasteiger partial charge in [-0.15, -0.1) is 0 Å². The van der Waals surface area contributed by atoms with Crippen LogP contribution in [0.1, 0.15) is 18.4 Å². The highest BCUT2D eigenvalue weighted by atomic mass is 15.2. The largest absolute Gasteiger partial charge is 0.368 e. The van der Waals surface area contributed by atoms with E-state index < -0.39 is 0 Å². The normalized spacial score (nSPS) is 28.4. The summed E-state index contributed by atoms with van der Waals surface area (Å²) in [6.07, 6.45) is 4.96. The highest BCUT2D eigenvalue weighted by Crippen LogP contribution is 2.18. The smallest absolute Gasteiger partial charge is 0.112 e. The van der Waals surface area contributed by atoms with Crippen LogP contribution in [0.15, 0.2) is 36.5 Å². The van der Waals surface area contributed by atoms with Crippen LogP contribution in [-0.4, -0.2) is 18.8 Å². The van der Waals surface area contributed by atoms with Crippen LogP contribution < -0.4 is 16.0 Å². The second-order valence-corrected chi connectivity index (χ2v) is 4.42. The molecule has 0 amide bonds. The molecule has 0 aliphatic carbocycles. The van der Waals surface area contributed by atoms with Gasteiger partial charge in [0.15, 0.2) is 0 Å². The first kappa shape index (κ1) is 9.73. The second-order valence-electron chi connectivity index (χ2n) is 4.42. The van der Waals surface area contributed by atoms with Crippen LogP contribution in [0.2, 0.25) is 0 Å². The third-order valence-corrected chi connectivity index (χ3v) is 3.30. The average Bonchev–Trinajstić information content (AvgIpc) is 3.01. The van der Waals surface area contributed by atoms with Gasteiger partial charge in [0.1, 0.15) is 6.17 Å². The zero-order valence-electron chi connectivity index (χ0n) is 9.24. The van der Waals surface area contributed by atoms with E-state index in [1.54, 1.807) is 0 Å². The van der Waals surface area contributed by atoms with Crippen molar-refractivity contribution in [1.82, 2.24) is 16.0 Å². The number of benzene rings is 1. The lowest BCUT2D eigenvalue weighted by atomic mass is 10.1. The first-order valence-corrected chi connectivity index (χ1v) is 5.95. The molecule has 1 aromatic carbocycles. The van der Waals surface area contributed by atoms with Crippen LogP contribution in [-0.2, 0) is 0 Å². The van der Waals surface area contributed by atoms with Crippen LogP contribution in [0.4, 0.5) is 0 Å². The molecule has 84 valence electrons. The van der Waals surface area contributed by atoms with Gasteiger partial charge in [-0.25, -0.2) is 0 Å². The van der Waals surface area contributed by atoms with Gasteiger partial charge in [-0.3, -0.25) is 0 Å². The molecule has 0 spiro atoms. The maximum Gasteiger partial charge on any atom is 0.112 e. The standard InChI is InChI=1S/C13H17N3/c1-2-5-10(6-3-1)12-9-15-13(16-12)11-7-4-8-14-11/h1-3,5-6,9,11,13-16H,4,7-8H2/t11-,13?/m0/s1. The van der Waals surface area contributed by atoms with Gasteiger partial charge in [0.2, 0.25) is 0 Å². The Bertz CT molecular complexity index is 379. The summed E-state index contributed by atoms with van der Waals surface area (Å²) in [5.74, 6) is 0. The summed E-state index contributed by atoms with van der Waals surface area (Å²) in [7, 11) is 0. The van der Waals surface area contributed by atoms with E-state index in [1.165, 1.54) is 24.1 Å². The monoisotopic (exact) mass is 215 g/mol. The van der Waals surface area contributed by atoms with E-state index >= 15 is 0 Å². The molecule has 1 saturated heterocycles. The Labute approximate surface area is 95.9 Å². The van der Waals surface area contributed by atoms with Crippen LogP contribution in [0.25, 0.3) is 5.70 Å². The first-order valence-electron chi connectivity index (χ1n) is 5.95. The van der Waals surface area contributed by atoms with Crippen molar-refractivity contribution in [2.75, 3.05) is 6.54 Å². The summed E-state index contributed by atoms with van der Waals surface area (Å²) < 4.78 is 0. The SMILES string of the molecule is C1=C(c2ccccc2)NC([C@@H]2CCCN2)N1. The molecule has 0 saturated carbocycles. The van der Waals surface area contributed by atoms with E-state index in [1.807, 2.05) is 6.07 Å². The molecule has 2 aliphatic rings.